The van der Waals surface area contributed by atoms with Crippen LogP contribution in [0.4, 0.5) is 8.78 Å². The molecule has 30 heavy (non-hydrogen) atoms. The van der Waals surface area contributed by atoms with Gasteiger partial charge in [0.15, 0.2) is 0 Å². The summed E-state index contributed by atoms with van der Waals surface area (Å²) >= 11 is 0. The number of piperazine rings is 1. The van der Waals surface area contributed by atoms with Gasteiger partial charge in [0.2, 0.25) is 11.8 Å². The van der Waals surface area contributed by atoms with Crippen molar-refractivity contribution in [3.05, 3.63) is 59.7 Å². The number of halogens is 2. The van der Waals surface area contributed by atoms with Crippen molar-refractivity contribution in [1.82, 2.24) is 20.0 Å². The Balaban J connectivity index is 1.42. The summed E-state index contributed by atoms with van der Waals surface area (Å²) in [5.41, 5.74) is 3.22. The zero-order valence-electron chi connectivity index (χ0n) is 16.6. The number of alkyl halides is 2. The van der Waals surface area contributed by atoms with E-state index in [4.69, 9.17) is 4.42 Å². The van der Waals surface area contributed by atoms with Gasteiger partial charge in [-0.1, -0.05) is 17.7 Å². The first-order valence-electron chi connectivity index (χ1n) is 9.80. The summed E-state index contributed by atoms with van der Waals surface area (Å²) in [6, 6.07) is 14.8. The van der Waals surface area contributed by atoms with Crippen LogP contribution >= 0.6 is 0 Å². The topological polar surface area (TPSA) is 62.5 Å². The molecule has 3 aromatic rings. The first-order valence-corrected chi connectivity index (χ1v) is 9.80. The van der Waals surface area contributed by atoms with Crippen LogP contribution in [0.2, 0.25) is 0 Å². The van der Waals surface area contributed by atoms with Crippen molar-refractivity contribution in [2.24, 2.45) is 0 Å². The van der Waals surface area contributed by atoms with Crippen molar-refractivity contribution in [2.45, 2.75) is 13.3 Å². The second-order valence-corrected chi connectivity index (χ2v) is 7.34. The van der Waals surface area contributed by atoms with Crippen molar-refractivity contribution in [3.63, 3.8) is 0 Å². The highest BCUT2D eigenvalue weighted by Crippen LogP contribution is 2.25. The van der Waals surface area contributed by atoms with Gasteiger partial charge in [0.1, 0.15) is 0 Å². The maximum atomic E-state index is 12.7. The average molecular weight is 412 g/mol. The zero-order valence-corrected chi connectivity index (χ0v) is 16.6. The van der Waals surface area contributed by atoms with E-state index in [9.17, 15) is 13.6 Å². The lowest BCUT2D eigenvalue weighted by atomic mass is 10.1. The van der Waals surface area contributed by atoms with Crippen LogP contribution in [0.1, 0.15) is 15.9 Å². The molecule has 0 radical (unpaired) electrons. The fourth-order valence-electron chi connectivity index (χ4n) is 3.50. The summed E-state index contributed by atoms with van der Waals surface area (Å²) in [7, 11) is 0. The minimum atomic E-state index is -2.35. The first kappa shape index (κ1) is 20.2. The molecule has 156 valence electrons. The molecule has 2 aromatic carbocycles. The molecule has 6 nitrogen and oxygen atoms in total. The lowest BCUT2D eigenvalue weighted by Gasteiger charge is -2.34. The highest BCUT2D eigenvalue weighted by Gasteiger charge is 2.23. The van der Waals surface area contributed by atoms with Crippen LogP contribution in [0.3, 0.4) is 0 Å². The molecule has 0 aliphatic carbocycles. The molecule has 1 aliphatic rings. The normalized spacial score (nSPS) is 15.0. The van der Waals surface area contributed by atoms with Gasteiger partial charge in [-0.25, -0.2) is 8.78 Å². The van der Waals surface area contributed by atoms with Crippen molar-refractivity contribution >= 4 is 5.91 Å². The number of hydrogen-bond donors (Lipinski definition) is 0. The van der Waals surface area contributed by atoms with Crippen LogP contribution in [-0.4, -0.2) is 65.1 Å². The monoisotopic (exact) mass is 412 g/mol. The second kappa shape index (κ2) is 8.71. The Morgan fingerprint density at radius 2 is 1.67 bits per heavy atom. The quantitative estimate of drug-likeness (QED) is 0.639. The molecule has 1 aliphatic heterocycles. The number of hydrogen-bond acceptors (Lipinski definition) is 5. The van der Waals surface area contributed by atoms with Gasteiger partial charge in [-0.15, -0.1) is 10.2 Å². The molecule has 0 spiro atoms. The van der Waals surface area contributed by atoms with Gasteiger partial charge < -0.3 is 9.32 Å². The molecule has 1 fully saturated rings. The van der Waals surface area contributed by atoms with Gasteiger partial charge in [0, 0.05) is 42.9 Å². The summed E-state index contributed by atoms with van der Waals surface area (Å²) in [5.74, 6) is 0.714. The largest absolute Gasteiger partial charge is 0.416 e. The molecular formula is C22H22F2N4O2. The van der Waals surface area contributed by atoms with Crippen LogP contribution < -0.4 is 0 Å². The van der Waals surface area contributed by atoms with Gasteiger partial charge >= 0.3 is 0 Å². The van der Waals surface area contributed by atoms with Gasteiger partial charge in [-0.2, -0.15) is 0 Å². The minimum Gasteiger partial charge on any atom is -0.416 e. The predicted octanol–water partition coefficient (Wildman–Crippen LogP) is 3.73. The molecule has 2 heterocycles. The zero-order chi connectivity index (χ0) is 21.1. The number of amides is 1. The Morgan fingerprint density at radius 1 is 1.00 bits per heavy atom. The summed E-state index contributed by atoms with van der Waals surface area (Å²) in [6.45, 7) is 3.55. The van der Waals surface area contributed by atoms with Gasteiger partial charge in [0.05, 0.1) is 6.54 Å². The summed E-state index contributed by atoms with van der Waals surface area (Å²) in [6.07, 6.45) is -2.35. The van der Waals surface area contributed by atoms with Crippen molar-refractivity contribution in [3.8, 4) is 22.9 Å². The molecule has 0 N–H and O–H groups in total. The smallest absolute Gasteiger partial charge is 0.253 e. The van der Waals surface area contributed by atoms with Gasteiger partial charge in [-0.05, 0) is 43.3 Å². The predicted molar refractivity (Wildman–Crippen MR) is 108 cm³/mol. The molecule has 1 amide bonds. The number of nitrogens with zero attached hydrogens (tertiary/aromatic N) is 4. The standard InChI is InChI=1S/C22H22F2N4O2/c1-15-3-2-4-18(13-15)21-26-25-20(30-21)16-5-7-17(8-6-16)22(29)28-11-9-27(10-12-28)14-19(23)24/h2-8,13,19H,9-12,14H2,1H3. The average Bonchev–Trinajstić information content (AvgIpc) is 3.24. The molecule has 0 atom stereocenters. The fraction of sp³-hybridized carbons (Fsp3) is 0.318. The second-order valence-electron chi connectivity index (χ2n) is 7.34. The summed E-state index contributed by atoms with van der Waals surface area (Å²) < 4.78 is 30.8. The fourth-order valence-corrected chi connectivity index (χ4v) is 3.50. The third kappa shape index (κ3) is 4.54. The Morgan fingerprint density at radius 3 is 2.30 bits per heavy atom. The maximum absolute atomic E-state index is 12.7. The van der Waals surface area contributed by atoms with Crippen LogP contribution in [0, 0.1) is 6.92 Å². The SMILES string of the molecule is Cc1cccc(-c2nnc(-c3ccc(C(=O)N4CCN(CC(F)F)CC4)cc3)o2)c1. The Labute approximate surface area is 173 Å². The highest BCUT2D eigenvalue weighted by molar-refractivity contribution is 5.94. The molecule has 1 saturated heterocycles. The molecular weight excluding hydrogens is 390 g/mol. The van der Waals surface area contributed by atoms with Crippen molar-refractivity contribution in [2.75, 3.05) is 32.7 Å². The molecule has 4 rings (SSSR count). The summed E-state index contributed by atoms with van der Waals surface area (Å²) in [4.78, 5) is 16.1. The summed E-state index contributed by atoms with van der Waals surface area (Å²) in [5, 5.41) is 8.22. The first-order chi connectivity index (χ1) is 14.5. The molecule has 0 bridgehead atoms. The van der Waals surface area contributed by atoms with E-state index in [0.29, 0.717) is 43.5 Å². The number of carbonyl (C=O) groups excluding carboxylic acids is 1. The van der Waals surface area contributed by atoms with E-state index in [1.165, 1.54) is 0 Å². The van der Waals surface area contributed by atoms with E-state index in [1.807, 2.05) is 31.2 Å². The van der Waals surface area contributed by atoms with Crippen LogP contribution in [-0.2, 0) is 0 Å². The number of aromatic nitrogens is 2. The minimum absolute atomic E-state index is 0.107. The molecule has 8 heteroatoms. The Kier molecular flexibility index (Phi) is 5.85. The number of carbonyl (C=O) groups is 1. The third-order valence-electron chi connectivity index (χ3n) is 5.12. The Bertz CT molecular complexity index is 1010. The van der Waals surface area contributed by atoms with Crippen LogP contribution in [0.25, 0.3) is 22.9 Å². The van der Waals surface area contributed by atoms with E-state index in [0.717, 1.165) is 16.7 Å². The van der Waals surface area contributed by atoms with E-state index in [-0.39, 0.29) is 12.5 Å². The number of benzene rings is 2. The Hall–Kier alpha value is -3.13. The maximum Gasteiger partial charge on any atom is 0.253 e. The highest BCUT2D eigenvalue weighted by atomic mass is 19.3. The van der Waals surface area contributed by atoms with E-state index < -0.39 is 6.43 Å². The van der Waals surface area contributed by atoms with Crippen LogP contribution in [0.5, 0.6) is 0 Å². The van der Waals surface area contributed by atoms with E-state index >= 15 is 0 Å². The lowest BCUT2D eigenvalue weighted by molar-refractivity contribution is 0.0459. The molecule has 1 aromatic heterocycles. The number of aryl methyl sites for hydroxylation is 1. The van der Waals surface area contributed by atoms with Crippen molar-refractivity contribution < 1.29 is 18.0 Å². The lowest BCUT2D eigenvalue weighted by Crippen LogP contribution is -2.49. The van der Waals surface area contributed by atoms with E-state index in [2.05, 4.69) is 10.2 Å². The van der Waals surface area contributed by atoms with Crippen LogP contribution in [0.15, 0.2) is 52.9 Å². The van der Waals surface area contributed by atoms with Gasteiger partial charge in [-0.3, -0.25) is 9.69 Å². The van der Waals surface area contributed by atoms with Gasteiger partial charge in [0.25, 0.3) is 12.3 Å². The third-order valence-corrected chi connectivity index (χ3v) is 5.12. The number of rotatable bonds is 5. The van der Waals surface area contributed by atoms with Crippen molar-refractivity contribution in [1.29, 1.82) is 0 Å². The molecule has 0 saturated carbocycles. The van der Waals surface area contributed by atoms with E-state index in [1.54, 1.807) is 34.1 Å². The molecule has 0 unspecified atom stereocenters.